The summed E-state index contributed by atoms with van der Waals surface area (Å²) in [7, 11) is 0. The van der Waals surface area contributed by atoms with Crippen LogP contribution in [-0.2, 0) is 10.3 Å². The fourth-order valence-electron chi connectivity index (χ4n) is 2.42. The first-order valence-corrected chi connectivity index (χ1v) is 5.53. The van der Waals surface area contributed by atoms with Gasteiger partial charge < -0.3 is 5.11 Å². The van der Waals surface area contributed by atoms with Crippen LogP contribution in [0.3, 0.4) is 0 Å². The molecular weight excluding hydrogens is 210 g/mol. The molecule has 1 saturated carbocycles. The summed E-state index contributed by atoms with van der Waals surface area (Å²) in [4.78, 5) is 23.0. The first kappa shape index (κ1) is 10.9. The Hall–Kier alpha value is -1.59. The van der Waals surface area contributed by atoms with Crippen molar-refractivity contribution in [3.63, 3.8) is 0 Å². The second-order valence-electron chi connectivity index (χ2n) is 4.28. The van der Waals surface area contributed by atoms with Gasteiger partial charge in [0.2, 0.25) is 0 Å². The molecule has 88 valence electrons. The molecule has 1 heterocycles. The van der Waals surface area contributed by atoms with Crippen molar-refractivity contribution in [3.8, 4) is 0 Å². The second-order valence-corrected chi connectivity index (χ2v) is 4.28. The normalized spacial score (nSPS) is 20.2. The van der Waals surface area contributed by atoms with E-state index in [1.807, 2.05) is 0 Å². The number of carboxylic acid groups (broad SMARTS) is 1. The van der Waals surface area contributed by atoms with Crippen LogP contribution in [0, 0.1) is 0 Å². The lowest BCUT2D eigenvalue weighted by Crippen LogP contribution is -2.46. The van der Waals surface area contributed by atoms with Gasteiger partial charge in [-0.1, -0.05) is 25.7 Å². The summed E-state index contributed by atoms with van der Waals surface area (Å²) in [6.45, 7) is 0. The minimum atomic E-state index is -1.10. The lowest BCUT2D eigenvalue weighted by atomic mass is 9.90. The van der Waals surface area contributed by atoms with Crippen LogP contribution in [0.2, 0.25) is 0 Å². The first-order valence-electron chi connectivity index (χ1n) is 5.53. The van der Waals surface area contributed by atoms with E-state index in [-0.39, 0.29) is 0 Å². The smallest absolute Gasteiger partial charge is 0.344 e. The number of aromatic nitrogens is 3. The summed E-state index contributed by atoms with van der Waals surface area (Å²) in [6, 6.07) is 0. The monoisotopic (exact) mass is 225 g/mol. The Morgan fingerprint density at radius 2 is 2.00 bits per heavy atom. The van der Waals surface area contributed by atoms with E-state index in [9.17, 15) is 14.7 Å². The SMILES string of the molecule is O=C(O)C1(n2cn[nH]c2=O)CCCCCC1. The van der Waals surface area contributed by atoms with E-state index in [0.717, 1.165) is 25.7 Å². The number of aromatic amines is 1. The van der Waals surface area contributed by atoms with Crippen LogP contribution in [0.25, 0.3) is 0 Å². The highest BCUT2D eigenvalue weighted by molar-refractivity contribution is 5.76. The summed E-state index contributed by atoms with van der Waals surface area (Å²) >= 11 is 0. The fourth-order valence-corrected chi connectivity index (χ4v) is 2.42. The maximum absolute atomic E-state index is 11.5. The third-order valence-corrected chi connectivity index (χ3v) is 3.34. The number of aliphatic carboxylic acids is 1. The van der Waals surface area contributed by atoms with Gasteiger partial charge in [0.25, 0.3) is 0 Å². The molecule has 2 rings (SSSR count). The van der Waals surface area contributed by atoms with Gasteiger partial charge >= 0.3 is 11.7 Å². The van der Waals surface area contributed by atoms with Crippen LogP contribution < -0.4 is 5.69 Å². The Morgan fingerprint density at radius 1 is 1.38 bits per heavy atom. The number of rotatable bonds is 2. The van der Waals surface area contributed by atoms with E-state index in [2.05, 4.69) is 10.2 Å². The minimum absolute atomic E-state index is 0.440. The number of nitrogens with one attached hydrogen (secondary N) is 1. The average molecular weight is 225 g/mol. The van der Waals surface area contributed by atoms with Gasteiger partial charge in [0.1, 0.15) is 11.9 Å². The number of carboxylic acids is 1. The standard InChI is InChI=1S/C10H15N3O3/c14-8(15)10(5-3-1-2-4-6-10)13-7-11-12-9(13)16/h7H,1-6H2,(H,12,16)(H,14,15). The molecule has 0 amide bonds. The molecule has 1 aliphatic rings. The maximum atomic E-state index is 11.5. The van der Waals surface area contributed by atoms with Gasteiger partial charge in [-0.2, -0.15) is 5.10 Å². The van der Waals surface area contributed by atoms with Crippen molar-refractivity contribution < 1.29 is 9.90 Å². The summed E-state index contributed by atoms with van der Waals surface area (Å²) in [5, 5.41) is 15.3. The number of H-pyrrole nitrogens is 1. The zero-order valence-electron chi connectivity index (χ0n) is 8.98. The highest BCUT2D eigenvalue weighted by atomic mass is 16.4. The molecule has 6 nitrogen and oxygen atoms in total. The second kappa shape index (κ2) is 4.11. The van der Waals surface area contributed by atoms with E-state index in [1.54, 1.807) is 0 Å². The minimum Gasteiger partial charge on any atom is -0.479 e. The third kappa shape index (κ3) is 1.64. The molecule has 16 heavy (non-hydrogen) atoms. The van der Waals surface area contributed by atoms with Crippen LogP contribution in [0.1, 0.15) is 38.5 Å². The molecule has 1 aliphatic carbocycles. The average Bonchev–Trinajstić information content (AvgIpc) is 2.55. The summed E-state index contributed by atoms with van der Waals surface area (Å²) in [5.74, 6) is -0.932. The molecule has 0 aromatic carbocycles. The lowest BCUT2D eigenvalue weighted by molar-refractivity contribution is -0.148. The van der Waals surface area contributed by atoms with Gasteiger partial charge in [0, 0.05) is 0 Å². The van der Waals surface area contributed by atoms with Crippen molar-refractivity contribution in [2.45, 2.75) is 44.1 Å². The fraction of sp³-hybridized carbons (Fsp3) is 0.700. The molecule has 0 unspecified atom stereocenters. The molecule has 1 fully saturated rings. The molecule has 1 aromatic heterocycles. The highest BCUT2D eigenvalue weighted by Gasteiger charge is 2.41. The van der Waals surface area contributed by atoms with Crippen LogP contribution in [0.5, 0.6) is 0 Å². The Morgan fingerprint density at radius 3 is 2.44 bits per heavy atom. The molecule has 1 aromatic rings. The highest BCUT2D eigenvalue weighted by Crippen LogP contribution is 2.32. The Kier molecular flexibility index (Phi) is 2.80. The zero-order valence-corrected chi connectivity index (χ0v) is 8.98. The van der Waals surface area contributed by atoms with Crippen LogP contribution in [0.4, 0.5) is 0 Å². The number of hydrogen-bond acceptors (Lipinski definition) is 3. The molecule has 0 spiro atoms. The van der Waals surface area contributed by atoms with E-state index >= 15 is 0 Å². The zero-order chi connectivity index (χ0) is 11.6. The Bertz CT molecular complexity index is 427. The molecule has 0 saturated heterocycles. The molecular formula is C10H15N3O3. The van der Waals surface area contributed by atoms with Gasteiger partial charge in [0.15, 0.2) is 0 Å². The predicted octanol–water partition coefficient (Wildman–Crippen LogP) is 0.705. The van der Waals surface area contributed by atoms with Crippen LogP contribution >= 0.6 is 0 Å². The molecule has 0 atom stereocenters. The topological polar surface area (TPSA) is 88.0 Å². The van der Waals surface area contributed by atoms with Crippen molar-refractivity contribution in [2.75, 3.05) is 0 Å². The number of carbonyl (C=O) groups is 1. The van der Waals surface area contributed by atoms with E-state index in [0.29, 0.717) is 12.8 Å². The van der Waals surface area contributed by atoms with Gasteiger partial charge in [-0.05, 0) is 12.8 Å². The largest absolute Gasteiger partial charge is 0.479 e. The molecule has 0 aliphatic heterocycles. The molecule has 6 heteroatoms. The summed E-state index contributed by atoms with van der Waals surface area (Å²) in [5.41, 5.74) is -1.54. The van der Waals surface area contributed by atoms with Gasteiger partial charge in [-0.3, -0.25) is 4.57 Å². The van der Waals surface area contributed by atoms with E-state index < -0.39 is 17.2 Å². The van der Waals surface area contributed by atoms with E-state index in [4.69, 9.17) is 0 Å². The van der Waals surface area contributed by atoms with Gasteiger partial charge in [0.05, 0.1) is 0 Å². The summed E-state index contributed by atoms with van der Waals surface area (Å²) in [6.07, 6.45) is 6.03. The maximum Gasteiger partial charge on any atom is 0.344 e. The molecule has 0 bridgehead atoms. The Labute approximate surface area is 92.3 Å². The third-order valence-electron chi connectivity index (χ3n) is 3.34. The van der Waals surface area contributed by atoms with Gasteiger partial charge in [-0.25, -0.2) is 14.7 Å². The quantitative estimate of drug-likeness (QED) is 0.725. The first-order chi connectivity index (χ1) is 7.67. The van der Waals surface area contributed by atoms with E-state index in [1.165, 1.54) is 10.9 Å². The van der Waals surface area contributed by atoms with Crippen molar-refractivity contribution in [1.82, 2.24) is 14.8 Å². The predicted molar refractivity (Wildman–Crippen MR) is 56.2 cm³/mol. The van der Waals surface area contributed by atoms with Crippen molar-refractivity contribution in [3.05, 3.63) is 16.8 Å². The number of nitrogens with zero attached hydrogens (tertiary/aromatic N) is 2. The van der Waals surface area contributed by atoms with Crippen molar-refractivity contribution in [1.29, 1.82) is 0 Å². The van der Waals surface area contributed by atoms with Crippen LogP contribution in [0.15, 0.2) is 11.1 Å². The lowest BCUT2D eigenvalue weighted by Gasteiger charge is -2.28. The number of hydrogen-bond donors (Lipinski definition) is 2. The Balaban J connectivity index is 2.46. The molecule has 0 radical (unpaired) electrons. The summed E-state index contributed by atoms with van der Waals surface area (Å²) < 4.78 is 1.24. The van der Waals surface area contributed by atoms with Gasteiger partial charge in [-0.15, -0.1) is 0 Å². The van der Waals surface area contributed by atoms with Crippen LogP contribution in [-0.4, -0.2) is 25.8 Å². The van der Waals surface area contributed by atoms with Crippen molar-refractivity contribution in [2.24, 2.45) is 0 Å². The van der Waals surface area contributed by atoms with Crippen molar-refractivity contribution >= 4 is 5.97 Å². The molecule has 2 N–H and O–H groups in total.